The molecule has 0 aromatic heterocycles. The van der Waals surface area contributed by atoms with Gasteiger partial charge in [0.1, 0.15) is 31.5 Å². The summed E-state index contributed by atoms with van der Waals surface area (Å²) in [6, 6.07) is -0.691. The molecule has 0 aliphatic rings. The van der Waals surface area contributed by atoms with Gasteiger partial charge in [-0.1, -0.05) is 170 Å². The van der Waals surface area contributed by atoms with Crippen molar-refractivity contribution in [1.29, 1.82) is 0 Å². The summed E-state index contributed by atoms with van der Waals surface area (Å²) in [4.78, 5) is 82.0. The fraction of sp³-hybridized carbons (Fsp3) is 0.905. The largest absolute Gasteiger partial charge is 0.463 e. The normalized spacial score (nSPS) is 13.0. The molecule has 3 unspecified atom stereocenters. The molecule has 446 valence electrons. The number of carbonyl (C=O) groups excluding carboxylic acids is 6. The van der Waals surface area contributed by atoms with E-state index >= 15 is 0 Å². The zero-order valence-electron chi connectivity index (χ0n) is 50.5. The summed E-state index contributed by atoms with van der Waals surface area (Å²) in [5.41, 5.74) is 0. The van der Waals surface area contributed by atoms with Gasteiger partial charge in [0, 0.05) is 38.6 Å². The lowest BCUT2D eigenvalue weighted by Crippen LogP contribution is -2.47. The molecule has 0 rings (SSSR count). The van der Waals surface area contributed by atoms with E-state index in [1.165, 1.54) is 12.8 Å². The lowest BCUT2D eigenvalue weighted by atomic mass is 10.1. The number of unbranched alkanes of at least 4 members (excludes halogenated alkanes) is 22. The van der Waals surface area contributed by atoms with E-state index in [1.54, 1.807) is 4.90 Å². The number of nitrogens with zero attached hydrogens (tertiary/aromatic N) is 2. The number of carbonyl (C=O) groups is 6. The van der Waals surface area contributed by atoms with E-state index in [9.17, 15) is 28.8 Å². The summed E-state index contributed by atoms with van der Waals surface area (Å²) in [7, 11) is 4.01. The van der Waals surface area contributed by atoms with Gasteiger partial charge in [0.25, 0.3) is 0 Å². The lowest BCUT2D eigenvalue weighted by Gasteiger charge is -2.31. The smallest absolute Gasteiger partial charge is 0.306 e. The second kappa shape index (κ2) is 52.5. The molecule has 76 heavy (non-hydrogen) atoms. The first kappa shape index (κ1) is 72.8. The van der Waals surface area contributed by atoms with Gasteiger partial charge >= 0.3 is 29.8 Å². The van der Waals surface area contributed by atoms with Crippen molar-refractivity contribution in [1.82, 2.24) is 9.80 Å². The molecule has 0 bridgehead atoms. The van der Waals surface area contributed by atoms with Crippen LogP contribution in [0.4, 0.5) is 0 Å². The minimum absolute atomic E-state index is 0.0423. The predicted molar refractivity (Wildman–Crippen MR) is 309 cm³/mol. The van der Waals surface area contributed by atoms with Crippen LogP contribution in [0.15, 0.2) is 0 Å². The molecule has 13 heteroatoms. The van der Waals surface area contributed by atoms with Gasteiger partial charge in [0.15, 0.2) is 0 Å². The molecule has 0 aromatic rings. The molecule has 0 saturated heterocycles. The summed E-state index contributed by atoms with van der Waals surface area (Å²) in [5.74, 6) is -1.47. The van der Waals surface area contributed by atoms with Crippen LogP contribution in [-0.2, 0) is 52.5 Å². The second-order valence-corrected chi connectivity index (χ2v) is 22.1. The molecule has 0 N–H and O–H groups in total. The van der Waals surface area contributed by atoms with Crippen molar-refractivity contribution < 1.29 is 52.5 Å². The summed E-state index contributed by atoms with van der Waals surface area (Å²) in [6.45, 7) is 13.8. The third-order valence-corrected chi connectivity index (χ3v) is 14.5. The van der Waals surface area contributed by atoms with Crippen molar-refractivity contribution in [2.75, 3.05) is 40.4 Å². The number of rotatable bonds is 55. The van der Waals surface area contributed by atoms with E-state index in [0.717, 1.165) is 199 Å². The molecule has 0 aliphatic heterocycles. The summed E-state index contributed by atoms with van der Waals surface area (Å²) in [5, 5.41) is 0. The Kier molecular flexibility index (Phi) is 50.3. The van der Waals surface area contributed by atoms with Crippen molar-refractivity contribution in [3.63, 3.8) is 0 Å². The van der Waals surface area contributed by atoms with E-state index in [2.05, 4.69) is 46.4 Å². The number of esters is 5. The lowest BCUT2D eigenvalue weighted by molar-refractivity contribution is -0.155. The number of amides is 1. The number of ether oxygens (including phenoxy) is 5. The second-order valence-electron chi connectivity index (χ2n) is 22.1. The molecule has 13 nitrogen and oxygen atoms in total. The molecular weight excluding hydrogens is 961 g/mol. The van der Waals surface area contributed by atoms with Gasteiger partial charge in [-0.05, 0) is 117 Å². The molecule has 1 amide bonds. The highest BCUT2D eigenvalue weighted by Crippen LogP contribution is 2.19. The highest BCUT2D eigenvalue weighted by atomic mass is 16.6. The Morgan fingerprint density at radius 3 is 1.08 bits per heavy atom. The maximum Gasteiger partial charge on any atom is 0.306 e. The molecular formula is C63H118N2O11. The molecule has 0 saturated carbocycles. The maximum atomic E-state index is 14.1. The minimum Gasteiger partial charge on any atom is -0.463 e. The van der Waals surface area contributed by atoms with Gasteiger partial charge < -0.3 is 33.5 Å². The van der Waals surface area contributed by atoms with Gasteiger partial charge in [-0.15, -0.1) is 0 Å². The Morgan fingerprint density at radius 2 is 0.671 bits per heavy atom. The van der Waals surface area contributed by atoms with Crippen molar-refractivity contribution in [3.8, 4) is 0 Å². The van der Waals surface area contributed by atoms with Gasteiger partial charge in [-0.3, -0.25) is 28.8 Å². The quantitative estimate of drug-likeness (QED) is 0.0323. The topological polar surface area (TPSA) is 155 Å². The first-order chi connectivity index (χ1) is 36.8. The third kappa shape index (κ3) is 44.7. The Balaban J connectivity index is 5.29. The van der Waals surface area contributed by atoms with Gasteiger partial charge in [0.2, 0.25) is 5.91 Å². The van der Waals surface area contributed by atoms with Crippen LogP contribution in [0.2, 0.25) is 0 Å². The highest BCUT2D eigenvalue weighted by Gasteiger charge is 2.28. The van der Waals surface area contributed by atoms with E-state index in [4.69, 9.17) is 23.7 Å². The molecule has 0 heterocycles. The van der Waals surface area contributed by atoms with Crippen LogP contribution in [0.3, 0.4) is 0 Å². The van der Waals surface area contributed by atoms with Crippen molar-refractivity contribution in [2.24, 2.45) is 0 Å². The van der Waals surface area contributed by atoms with E-state index in [-0.39, 0.29) is 93.0 Å². The van der Waals surface area contributed by atoms with Crippen LogP contribution < -0.4 is 0 Å². The summed E-state index contributed by atoms with van der Waals surface area (Å²) < 4.78 is 29.0. The average molecular weight is 1080 g/mol. The van der Waals surface area contributed by atoms with Crippen molar-refractivity contribution in [3.05, 3.63) is 0 Å². The fourth-order valence-corrected chi connectivity index (χ4v) is 9.58. The molecule has 3 atom stereocenters. The first-order valence-electron chi connectivity index (χ1n) is 31.7. The molecule has 0 fully saturated rings. The van der Waals surface area contributed by atoms with Crippen LogP contribution in [-0.4, -0.2) is 110 Å². The van der Waals surface area contributed by atoms with Crippen LogP contribution >= 0.6 is 0 Å². The van der Waals surface area contributed by atoms with Crippen LogP contribution in [0, 0.1) is 0 Å². The van der Waals surface area contributed by atoms with Crippen molar-refractivity contribution >= 4 is 35.8 Å². The monoisotopic (exact) mass is 1080 g/mol. The van der Waals surface area contributed by atoms with Crippen molar-refractivity contribution in [2.45, 2.75) is 329 Å². The molecule has 0 aliphatic carbocycles. The standard InChI is InChI=1S/C63H118N2O11/c1-9-15-18-33-43-57(40-12-4)76-63(71)49-48-58(66)65(51-39-38-50-64(7)8)54(52-72-59(67)44-34-27-23-19-21-25-29-36-46-61(69)74-55(13-5)41-31-16-10-2)53-73-60(68)45-35-28-24-20-22-26-30-37-47-62(70)75-56(14-6)42-32-17-11-3/h54-57H,9-53H2,1-8H3. The third-order valence-electron chi connectivity index (χ3n) is 14.5. The zero-order valence-corrected chi connectivity index (χ0v) is 50.5. The van der Waals surface area contributed by atoms with Crippen LogP contribution in [0.25, 0.3) is 0 Å². The molecule has 0 spiro atoms. The molecule has 0 aromatic carbocycles. The SMILES string of the molecule is CCCCCCC(CCC)OC(=O)CCC(=O)N(CCCCN(C)C)C(COC(=O)CCCCCCCCCCC(=O)OC(CC)CCCCC)COC(=O)CCCCCCCCCCC(=O)OC(CC)CCCCC. The summed E-state index contributed by atoms with van der Waals surface area (Å²) in [6.07, 6.45) is 35.7. The fourth-order valence-electron chi connectivity index (χ4n) is 9.58. The van der Waals surface area contributed by atoms with E-state index < -0.39 is 6.04 Å². The Morgan fingerprint density at radius 1 is 0.329 bits per heavy atom. The van der Waals surface area contributed by atoms with Gasteiger partial charge in [-0.2, -0.15) is 0 Å². The predicted octanol–water partition coefficient (Wildman–Crippen LogP) is 15.7. The van der Waals surface area contributed by atoms with Gasteiger partial charge in [-0.25, -0.2) is 0 Å². The maximum absolute atomic E-state index is 14.1. The zero-order chi connectivity index (χ0) is 56.3. The van der Waals surface area contributed by atoms with E-state index in [1.807, 2.05) is 14.1 Å². The van der Waals surface area contributed by atoms with Crippen LogP contribution in [0.5, 0.6) is 0 Å². The minimum atomic E-state index is -0.691. The number of hydrogen-bond acceptors (Lipinski definition) is 12. The van der Waals surface area contributed by atoms with Crippen LogP contribution in [0.1, 0.15) is 305 Å². The van der Waals surface area contributed by atoms with Gasteiger partial charge in [0.05, 0.1) is 12.5 Å². The Labute approximate surface area is 465 Å². The first-order valence-corrected chi connectivity index (χ1v) is 31.7. The Hall–Kier alpha value is -3.22. The highest BCUT2D eigenvalue weighted by molar-refractivity contribution is 5.82. The molecule has 0 radical (unpaired) electrons. The number of hydrogen-bond donors (Lipinski definition) is 0. The summed E-state index contributed by atoms with van der Waals surface area (Å²) >= 11 is 0. The average Bonchev–Trinajstić information content (AvgIpc) is 3.39. The van der Waals surface area contributed by atoms with E-state index in [0.29, 0.717) is 38.6 Å². The Bertz CT molecular complexity index is 1360.